The van der Waals surface area contributed by atoms with Crippen molar-refractivity contribution >= 4 is 27.7 Å². The maximum atomic E-state index is 12.9. The van der Waals surface area contributed by atoms with Gasteiger partial charge in [0.25, 0.3) is 0 Å². The number of rotatable bonds is 3. The van der Waals surface area contributed by atoms with Gasteiger partial charge >= 0.3 is 5.97 Å². The number of carbonyl (C=O) groups is 2. The van der Waals surface area contributed by atoms with Gasteiger partial charge in [0.15, 0.2) is 0 Å². The molecule has 1 aliphatic heterocycles. The Kier molecular flexibility index (Phi) is 4.15. The lowest BCUT2D eigenvalue weighted by atomic mass is 10.0. The molecule has 0 saturated carbocycles. The van der Waals surface area contributed by atoms with Crippen molar-refractivity contribution in [3.63, 3.8) is 0 Å². The fourth-order valence-electron chi connectivity index (χ4n) is 3.21. The summed E-state index contributed by atoms with van der Waals surface area (Å²) < 4.78 is 7.69. The molecule has 3 rings (SSSR count). The van der Waals surface area contributed by atoms with E-state index in [4.69, 9.17) is 4.74 Å². The lowest BCUT2D eigenvalue weighted by Crippen LogP contribution is -2.12. The number of methoxy groups -OCH3 is 1. The van der Waals surface area contributed by atoms with Gasteiger partial charge in [-0.2, -0.15) is 0 Å². The van der Waals surface area contributed by atoms with E-state index in [0.29, 0.717) is 24.2 Å². The summed E-state index contributed by atoms with van der Waals surface area (Å²) in [5.74, 6) is -0.580. The molecule has 2 aromatic rings. The Bertz CT molecular complexity index is 790. The Morgan fingerprint density at radius 2 is 1.87 bits per heavy atom. The molecule has 0 N–H and O–H groups in total. The Balaban J connectivity index is 2.08. The molecule has 0 fully saturated rings. The number of hydrogen-bond donors (Lipinski definition) is 0. The predicted octanol–water partition coefficient (Wildman–Crippen LogP) is 3.76. The molecule has 4 nitrogen and oxygen atoms in total. The van der Waals surface area contributed by atoms with E-state index in [1.165, 1.54) is 7.11 Å². The van der Waals surface area contributed by atoms with Crippen molar-refractivity contribution < 1.29 is 14.3 Å². The first kappa shape index (κ1) is 16.0. The van der Waals surface area contributed by atoms with E-state index in [2.05, 4.69) is 15.9 Å². The molecule has 0 radical (unpaired) electrons. The van der Waals surface area contributed by atoms with Crippen LogP contribution in [0.5, 0.6) is 0 Å². The summed E-state index contributed by atoms with van der Waals surface area (Å²) >= 11 is 3.56. The van der Waals surface area contributed by atoms with Crippen molar-refractivity contribution in [1.82, 2.24) is 4.57 Å². The molecule has 1 aliphatic rings. The molecule has 120 valence electrons. The summed E-state index contributed by atoms with van der Waals surface area (Å²) in [7, 11) is 1.40. The second kappa shape index (κ2) is 5.96. The fraction of sp³-hybridized carbons (Fsp3) is 0.333. The highest BCUT2D eigenvalue weighted by molar-refractivity contribution is 9.10. The number of nitrogens with zero attached hydrogens (tertiary/aromatic N) is 1. The number of ether oxygens (including phenoxy) is 1. The highest BCUT2D eigenvalue weighted by Gasteiger charge is 2.37. The number of aryl methyl sites for hydroxylation is 1. The van der Waals surface area contributed by atoms with Crippen LogP contribution in [0.4, 0.5) is 0 Å². The van der Waals surface area contributed by atoms with Gasteiger partial charge in [0, 0.05) is 22.3 Å². The molecular weight excluding hydrogens is 358 g/mol. The summed E-state index contributed by atoms with van der Waals surface area (Å²) in [4.78, 5) is 24.9. The van der Waals surface area contributed by atoms with Crippen LogP contribution < -0.4 is 0 Å². The molecule has 5 heteroatoms. The summed E-state index contributed by atoms with van der Waals surface area (Å²) in [6.45, 7) is 4.55. The lowest BCUT2D eigenvalue weighted by molar-refractivity contribution is -0.142. The molecule has 0 bridgehead atoms. The van der Waals surface area contributed by atoms with Crippen molar-refractivity contribution in [3.05, 3.63) is 56.8 Å². The van der Waals surface area contributed by atoms with Crippen molar-refractivity contribution in [1.29, 1.82) is 0 Å². The summed E-state index contributed by atoms with van der Waals surface area (Å²) in [5, 5.41) is 0. The van der Waals surface area contributed by atoms with Gasteiger partial charge in [-0.05, 0) is 41.8 Å². The van der Waals surface area contributed by atoms with E-state index in [0.717, 1.165) is 21.3 Å². The van der Waals surface area contributed by atoms with Crippen molar-refractivity contribution in [2.24, 2.45) is 0 Å². The maximum absolute atomic E-state index is 12.9. The first-order valence-corrected chi connectivity index (χ1v) is 8.32. The summed E-state index contributed by atoms with van der Waals surface area (Å²) in [5.41, 5.74) is 4.16. The van der Waals surface area contributed by atoms with Gasteiger partial charge in [0.2, 0.25) is 5.78 Å². The molecule has 2 heterocycles. The number of halogens is 1. The van der Waals surface area contributed by atoms with Crippen LogP contribution in [0.3, 0.4) is 0 Å². The van der Waals surface area contributed by atoms with E-state index >= 15 is 0 Å². The highest BCUT2D eigenvalue weighted by atomic mass is 79.9. The van der Waals surface area contributed by atoms with Crippen LogP contribution in [0.15, 0.2) is 28.7 Å². The first-order valence-electron chi connectivity index (χ1n) is 7.53. The van der Waals surface area contributed by atoms with Gasteiger partial charge in [0.05, 0.1) is 18.7 Å². The molecule has 23 heavy (non-hydrogen) atoms. The van der Waals surface area contributed by atoms with Gasteiger partial charge in [-0.15, -0.1) is 0 Å². The summed E-state index contributed by atoms with van der Waals surface area (Å²) in [6, 6.07) is 7.56. The van der Waals surface area contributed by atoms with Crippen LogP contribution in [0.2, 0.25) is 0 Å². The van der Waals surface area contributed by atoms with Crippen LogP contribution >= 0.6 is 15.9 Å². The fourth-order valence-corrected chi connectivity index (χ4v) is 3.89. The molecular formula is C18H18BrNO3. The SMILES string of the molecule is COC(=O)C1CCn2c(C(=O)c3ccc(C)cc3)c(C)c(Br)c21. The number of aromatic nitrogens is 1. The van der Waals surface area contributed by atoms with Crippen LogP contribution in [0, 0.1) is 13.8 Å². The van der Waals surface area contributed by atoms with Gasteiger partial charge in [-0.1, -0.05) is 29.8 Å². The third-order valence-corrected chi connectivity index (χ3v) is 5.46. The van der Waals surface area contributed by atoms with Gasteiger partial charge < -0.3 is 9.30 Å². The van der Waals surface area contributed by atoms with Crippen LogP contribution in [-0.4, -0.2) is 23.4 Å². The minimum absolute atomic E-state index is 0.0139. The van der Waals surface area contributed by atoms with Gasteiger partial charge in [-0.25, -0.2) is 0 Å². The first-order chi connectivity index (χ1) is 11.0. The lowest BCUT2D eigenvalue weighted by Gasteiger charge is -2.07. The van der Waals surface area contributed by atoms with Crippen molar-refractivity contribution in [2.75, 3.05) is 7.11 Å². The second-order valence-electron chi connectivity index (χ2n) is 5.88. The normalized spacial score (nSPS) is 16.3. The zero-order valence-corrected chi connectivity index (χ0v) is 14.9. The van der Waals surface area contributed by atoms with Crippen molar-refractivity contribution in [2.45, 2.75) is 32.7 Å². The minimum Gasteiger partial charge on any atom is -0.469 e. The predicted molar refractivity (Wildman–Crippen MR) is 90.9 cm³/mol. The number of ketones is 1. The number of fused-ring (bicyclic) bond motifs is 1. The Morgan fingerprint density at radius 1 is 1.22 bits per heavy atom. The third kappa shape index (κ3) is 2.53. The van der Waals surface area contributed by atoms with E-state index in [1.807, 2.05) is 42.7 Å². The van der Waals surface area contributed by atoms with E-state index < -0.39 is 0 Å². The minimum atomic E-state index is -0.312. The topological polar surface area (TPSA) is 48.3 Å². The van der Waals surface area contributed by atoms with E-state index in [-0.39, 0.29) is 17.7 Å². The number of hydrogen-bond acceptors (Lipinski definition) is 3. The van der Waals surface area contributed by atoms with Gasteiger partial charge in [0.1, 0.15) is 0 Å². The molecule has 0 aliphatic carbocycles. The zero-order chi connectivity index (χ0) is 16.7. The largest absolute Gasteiger partial charge is 0.469 e. The van der Waals surface area contributed by atoms with Crippen LogP contribution in [0.25, 0.3) is 0 Å². The van der Waals surface area contributed by atoms with Gasteiger partial charge in [-0.3, -0.25) is 9.59 Å². The number of esters is 1. The molecule has 0 spiro atoms. The molecule has 0 amide bonds. The van der Waals surface area contributed by atoms with Crippen LogP contribution in [-0.2, 0) is 16.1 Å². The smallest absolute Gasteiger partial charge is 0.314 e. The average Bonchev–Trinajstić information content (AvgIpc) is 3.07. The zero-order valence-electron chi connectivity index (χ0n) is 13.4. The second-order valence-corrected chi connectivity index (χ2v) is 6.68. The Hall–Kier alpha value is -1.88. The number of carbonyl (C=O) groups excluding carboxylic acids is 2. The molecule has 1 unspecified atom stereocenters. The highest BCUT2D eigenvalue weighted by Crippen LogP contribution is 2.41. The van der Waals surface area contributed by atoms with E-state index in [9.17, 15) is 9.59 Å². The molecule has 1 aromatic heterocycles. The molecule has 0 saturated heterocycles. The Morgan fingerprint density at radius 3 is 2.48 bits per heavy atom. The standard InChI is InChI=1S/C18H18BrNO3/c1-10-4-6-12(7-5-10)17(21)15-11(2)14(19)16-13(18(22)23-3)8-9-20(15)16/h4-7,13H,8-9H2,1-3H3. The average molecular weight is 376 g/mol. The van der Waals surface area contributed by atoms with E-state index in [1.54, 1.807) is 0 Å². The quantitative estimate of drug-likeness (QED) is 0.606. The van der Waals surface area contributed by atoms with Crippen molar-refractivity contribution in [3.8, 4) is 0 Å². The third-order valence-electron chi connectivity index (χ3n) is 4.46. The van der Waals surface area contributed by atoms with Crippen LogP contribution in [0.1, 0.15) is 45.2 Å². The monoisotopic (exact) mass is 375 g/mol. The summed E-state index contributed by atoms with van der Waals surface area (Å²) in [6.07, 6.45) is 0.662. The molecule has 1 aromatic carbocycles. The number of benzene rings is 1. The Labute approximate surface area is 143 Å². The molecule has 1 atom stereocenters. The maximum Gasteiger partial charge on any atom is 0.314 e.